The van der Waals surface area contributed by atoms with Crippen molar-refractivity contribution in [3.63, 3.8) is 0 Å². The zero-order chi connectivity index (χ0) is 18.6. The van der Waals surface area contributed by atoms with Crippen LogP contribution in [-0.4, -0.2) is 35.7 Å². The van der Waals surface area contributed by atoms with Gasteiger partial charge in [-0.25, -0.2) is 4.79 Å². The van der Waals surface area contributed by atoms with Gasteiger partial charge in [0.2, 0.25) is 0 Å². The maximum absolute atomic E-state index is 12.8. The number of aromatic amines is 1. The van der Waals surface area contributed by atoms with E-state index in [0.717, 1.165) is 4.90 Å². The Bertz CT molecular complexity index is 870. The Balaban J connectivity index is 2.58. The summed E-state index contributed by atoms with van der Waals surface area (Å²) < 4.78 is 11.9. The van der Waals surface area contributed by atoms with Crippen LogP contribution in [0.2, 0.25) is 0 Å². The van der Waals surface area contributed by atoms with Crippen LogP contribution in [0.1, 0.15) is 23.9 Å². The van der Waals surface area contributed by atoms with Crippen LogP contribution in [0, 0.1) is 0 Å². The molecule has 0 saturated carbocycles. The van der Waals surface area contributed by atoms with Gasteiger partial charge in [-0.2, -0.15) is 0 Å². The normalized spacial score (nSPS) is 10.8. The molecule has 2 aromatic heterocycles. The highest BCUT2D eigenvalue weighted by atomic mass is 79.9. The molecule has 0 radical (unpaired) electrons. The van der Waals surface area contributed by atoms with Crippen LogP contribution >= 0.6 is 15.9 Å². The number of amides is 1. The number of halogens is 1. The van der Waals surface area contributed by atoms with Crippen molar-refractivity contribution in [2.45, 2.75) is 19.9 Å². The van der Waals surface area contributed by atoms with Gasteiger partial charge in [0.15, 0.2) is 16.1 Å². The molecule has 0 aliphatic carbocycles. The molecule has 136 valence electrons. The summed E-state index contributed by atoms with van der Waals surface area (Å²) in [5.41, 5.74) is 4.56. The van der Waals surface area contributed by atoms with Crippen molar-refractivity contribution in [1.29, 1.82) is 0 Å². The topological polar surface area (TPSA) is 124 Å². The highest BCUT2D eigenvalue weighted by Gasteiger charge is 2.26. The molecule has 0 aromatic carbocycles. The number of nitrogens with zero attached hydrogens (tertiary/aromatic N) is 2. The molecule has 9 nitrogen and oxygen atoms in total. The highest BCUT2D eigenvalue weighted by Crippen LogP contribution is 2.22. The van der Waals surface area contributed by atoms with Gasteiger partial charge in [-0.1, -0.05) is 6.92 Å². The number of H-pyrrole nitrogens is 1. The fourth-order valence-corrected chi connectivity index (χ4v) is 2.65. The highest BCUT2D eigenvalue weighted by molar-refractivity contribution is 9.10. The number of ether oxygens (including phenoxy) is 1. The van der Waals surface area contributed by atoms with Crippen LogP contribution in [0.5, 0.6) is 0 Å². The molecule has 2 rings (SSSR count). The molecule has 0 atom stereocenters. The first-order valence-electron chi connectivity index (χ1n) is 7.59. The number of anilines is 2. The maximum Gasteiger partial charge on any atom is 0.330 e. The van der Waals surface area contributed by atoms with Crippen molar-refractivity contribution in [2.75, 3.05) is 30.9 Å². The summed E-state index contributed by atoms with van der Waals surface area (Å²) in [5.74, 6) is -0.623. The second kappa shape index (κ2) is 8.17. The molecule has 3 N–H and O–H groups in total. The Morgan fingerprint density at radius 2 is 2.16 bits per heavy atom. The Hall–Kier alpha value is -2.33. The lowest BCUT2D eigenvalue weighted by Crippen LogP contribution is -2.42. The number of methoxy groups -OCH3 is 1. The standard InChI is InChI=1S/C15H19BrN4O5/c1-3-6-20-12(17)11(13(21)18-15(20)23)19(7-8-24-2)14(22)9-4-5-10(16)25-9/h4-5H,3,6-8,17H2,1-2H3,(H,18,21,23). The lowest BCUT2D eigenvalue weighted by molar-refractivity contribution is 0.0947. The predicted molar refractivity (Wildman–Crippen MR) is 96.0 cm³/mol. The van der Waals surface area contributed by atoms with E-state index in [1.54, 1.807) is 6.07 Å². The summed E-state index contributed by atoms with van der Waals surface area (Å²) >= 11 is 3.13. The molecule has 0 fully saturated rings. The van der Waals surface area contributed by atoms with E-state index in [0.29, 0.717) is 17.6 Å². The number of nitrogen functional groups attached to an aromatic ring is 1. The number of nitrogens with one attached hydrogen (secondary N) is 1. The van der Waals surface area contributed by atoms with E-state index in [1.165, 1.54) is 17.7 Å². The van der Waals surface area contributed by atoms with Crippen LogP contribution < -0.4 is 21.9 Å². The van der Waals surface area contributed by atoms with Crippen molar-refractivity contribution >= 4 is 33.3 Å². The second-order valence-electron chi connectivity index (χ2n) is 5.20. The van der Waals surface area contributed by atoms with Crippen LogP contribution in [-0.2, 0) is 11.3 Å². The van der Waals surface area contributed by atoms with Crippen LogP contribution in [0.25, 0.3) is 0 Å². The van der Waals surface area contributed by atoms with Gasteiger partial charge in [-0.15, -0.1) is 0 Å². The first kappa shape index (κ1) is 19.0. The predicted octanol–water partition coefficient (Wildman–Crippen LogP) is 1.18. The van der Waals surface area contributed by atoms with Gasteiger partial charge >= 0.3 is 5.69 Å². The summed E-state index contributed by atoms with van der Waals surface area (Å²) in [6.45, 7) is 2.41. The molecule has 10 heteroatoms. The van der Waals surface area contributed by atoms with Crippen LogP contribution in [0.4, 0.5) is 11.5 Å². The monoisotopic (exact) mass is 414 g/mol. The Morgan fingerprint density at radius 3 is 2.72 bits per heavy atom. The number of carbonyl (C=O) groups excluding carboxylic acids is 1. The van der Waals surface area contributed by atoms with Gasteiger partial charge in [-0.3, -0.25) is 24.0 Å². The van der Waals surface area contributed by atoms with Crippen molar-refractivity contribution in [1.82, 2.24) is 9.55 Å². The van der Waals surface area contributed by atoms with E-state index in [4.69, 9.17) is 14.9 Å². The number of nitrogens with two attached hydrogens (primary N) is 1. The Kier molecular flexibility index (Phi) is 6.21. The van der Waals surface area contributed by atoms with Gasteiger partial charge in [0.25, 0.3) is 11.5 Å². The van der Waals surface area contributed by atoms with Gasteiger partial charge in [0, 0.05) is 13.7 Å². The molecular formula is C15H19BrN4O5. The summed E-state index contributed by atoms with van der Waals surface area (Å²) in [7, 11) is 1.47. The fourth-order valence-electron chi connectivity index (χ4n) is 2.34. The third-order valence-electron chi connectivity index (χ3n) is 3.48. The largest absolute Gasteiger partial charge is 0.444 e. The second-order valence-corrected chi connectivity index (χ2v) is 5.98. The first-order valence-corrected chi connectivity index (χ1v) is 8.38. The van der Waals surface area contributed by atoms with Gasteiger partial charge < -0.3 is 14.9 Å². The molecule has 0 aliphatic heterocycles. The summed E-state index contributed by atoms with van der Waals surface area (Å²) in [4.78, 5) is 40.4. The lowest BCUT2D eigenvalue weighted by atomic mass is 10.3. The third-order valence-corrected chi connectivity index (χ3v) is 3.91. The molecule has 0 aliphatic rings. The first-order chi connectivity index (χ1) is 11.9. The van der Waals surface area contributed by atoms with E-state index < -0.39 is 17.2 Å². The van der Waals surface area contributed by atoms with Crippen molar-refractivity contribution in [3.8, 4) is 0 Å². The smallest absolute Gasteiger partial charge is 0.330 e. The fraction of sp³-hybridized carbons (Fsp3) is 0.400. The number of furan rings is 1. The van der Waals surface area contributed by atoms with E-state index in [1.807, 2.05) is 6.92 Å². The number of hydrogen-bond donors (Lipinski definition) is 2. The lowest BCUT2D eigenvalue weighted by Gasteiger charge is -2.23. The summed E-state index contributed by atoms with van der Waals surface area (Å²) in [6.07, 6.45) is 0.632. The average molecular weight is 415 g/mol. The minimum atomic E-state index is -0.745. The van der Waals surface area contributed by atoms with Gasteiger partial charge in [0.05, 0.1) is 13.2 Å². The minimum absolute atomic E-state index is 0.0232. The molecule has 0 spiro atoms. The van der Waals surface area contributed by atoms with Crippen molar-refractivity contribution in [2.24, 2.45) is 0 Å². The molecule has 1 amide bonds. The number of aromatic nitrogens is 2. The zero-order valence-electron chi connectivity index (χ0n) is 13.9. The number of hydrogen-bond acceptors (Lipinski definition) is 6. The molecule has 2 heterocycles. The molecule has 0 bridgehead atoms. The van der Waals surface area contributed by atoms with E-state index >= 15 is 0 Å². The van der Waals surface area contributed by atoms with Gasteiger partial charge in [0.1, 0.15) is 5.82 Å². The number of rotatable bonds is 7. The maximum atomic E-state index is 12.8. The van der Waals surface area contributed by atoms with Crippen molar-refractivity contribution in [3.05, 3.63) is 43.4 Å². The van der Waals surface area contributed by atoms with Gasteiger partial charge in [-0.05, 0) is 34.5 Å². The molecular weight excluding hydrogens is 396 g/mol. The summed E-state index contributed by atoms with van der Waals surface area (Å²) in [5, 5.41) is 0. The Morgan fingerprint density at radius 1 is 1.44 bits per heavy atom. The van der Waals surface area contributed by atoms with E-state index in [2.05, 4.69) is 20.9 Å². The number of carbonyl (C=O) groups is 1. The van der Waals surface area contributed by atoms with Crippen LogP contribution in [0.15, 0.2) is 30.8 Å². The SMILES string of the molecule is CCCn1c(N)c(N(CCOC)C(=O)c2ccc(Br)o2)c(=O)[nH]c1=O. The Labute approximate surface area is 151 Å². The third kappa shape index (κ3) is 4.02. The molecule has 0 saturated heterocycles. The quantitative estimate of drug-likeness (QED) is 0.700. The zero-order valence-corrected chi connectivity index (χ0v) is 15.5. The molecule has 25 heavy (non-hydrogen) atoms. The molecule has 2 aromatic rings. The molecule has 0 unspecified atom stereocenters. The average Bonchev–Trinajstić information content (AvgIpc) is 3.00. The van der Waals surface area contributed by atoms with E-state index in [-0.39, 0.29) is 30.4 Å². The summed E-state index contributed by atoms with van der Waals surface area (Å²) in [6, 6.07) is 3.03. The minimum Gasteiger partial charge on any atom is -0.444 e. The van der Waals surface area contributed by atoms with Crippen molar-refractivity contribution < 1.29 is 13.9 Å². The van der Waals surface area contributed by atoms with E-state index in [9.17, 15) is 14.4 Å². The van der Waals surface area contributed by atoms with Crippen LogP contribution in [0.3, 0.4) is 0 Å².